The fourth-order valence-electron chi connectivity index (χ4n) is 0.765. The number of unbranched alkanes of at least 4 members (excludes halogenated alkanes) is 1. The predicted octanol–water partition coefficient (Wildman–Crippen LogP) is 0.0115. The molecule has 0 spiro atoms. The molecule has 0 saturated heterocycles. The fraction of sp³-hybridized carbons (Fsp3) is 0.875. The third-order valence-electron chi connectivity index (χ3n) is 1.63. The molecule has 5 nitrogen and oxygen atoms in total. The van der Waals surface area contributed by atoms with Gasteiger partial charge in [0.15, 0.2) is 0 Å². The van der Waals surface area contributed by atoms with E-state index in [1.54, 1.807) is 0 Å². The fourth-order valence-corrected chi connectivity index (χ4v) is 0.765. The molecule has 0 aliphatic heterocycles. The van der Waals surface area contributed by atoms with Gasteiger partial charge in [-0.3, -0.25) is 10.1 Å². The van der Waals surface area contributed by atoms with Gasteiger partial charge in [0.25, 0.3) is 5.91 Å². The van der Waals surface area contributed by atoms with Gasteiger partial charge in [0, 0.05) is 7.11 Å². The maximum absolute atomic E-state index is 12.9. The lowest BCUT2D eigenvalue weighted by Crippen LogP contribution is -2.39. The number of aliphatic hydroxyl groups excluding tert-OH is 1. The summed E-state index contributed by atoms with van der Waals surface area (Å²) < 4.78 is 17.3. The lowest BCUT2D eigenvalue weighted by molar-refractivity contribution is -0.149. The monoisotopic (exact) mass is 208 g/mol. The molecular weight excluding hydrogens is 191 g/mol. The van der Waals surface area contributed by atoms with Crippen LogP contribution in [-0.2, 0) is 9.53 Å². The van der Waals surface area contributed by atoms with Gasteiger partial charge in [0.05, 0.1) is 13.1 Å². The van der Waals surface area contributed by atoms with Crippen molar-refractivity contribution in [1.82, 2.24) is 10.4 Å². The van der Waals surface area contributed by atoms with E-state index in [0.29, 0.717) is 6.42 Å². The summed E-state index contributed by atoms with van der Waals surface area (Å²) in [7, 11) is 1.27. The Morgan fingerprint density at radius 3 is 2.86 bits per heavy atom. The Labute approximate surface area is 82.8 Å². The van der Waals surface area contributed by atoms with Gasteiger partial charge in [-0.1, -0.05) is 17.8 Å². The molecule has 0 radical (unpaired) electrons. The molecule has 2 N–H and O–H groups in total. The van der Waals surface area contributed by atoms with Gasteiger partial charge >= 0.3 is 0 Å². The second kappa shape index (κ2) is 7.66. The Morgan fingerprint density at radius 1 is 1.71 bits per heavy atom. The molecule has 0 aromatic heterocycles. The Hall–Kier alpha value is -0.720. The summed E-state index contributed by atoms with van der Waals surface area (Å²) in [6.45, 7) is 1.71. The van der Waals surface area contributed by atoms with Gasteiger partial charge in [-0.05, 0) is 6.42 Å². The van der Waals surface area contributed by atoms with Crippen molar-refractivity contribution in [1.29, 1.82) is 0 Å². The normalized spacial score (nSPS) is 12.6. The Balaban J connectivity index is 3.61. The highest BCUT2D eigenvalue weighted by molar-refractivity contribution is 5.77. The van der Waals surface area contributed by atoms with Crippen LogP contribution in [0.1, 0.15) is 19.8 Å². The van der Waals surface area contributed by atoms with Crippen LogP contribution < -0.4 is 5.32 Å². The highest BCUT2D eigenvalue weighted by atomic mass is 19.2. The van der Waals surface area contributed by atoms with Crippen LogP contribution in [-0.4, -0.2) is 42.7 Å². The average Bonchev–Trinajstić information content (AvgIpc) is 2.21. The number of methoxy groups -OCH3 is 1. The summed E-state index contributed by atoms with van der Waals surface area (Å²) in [5.41, 5.74) is 0. The zero-order chi connectivity index (χ0) is 11.0. The van der Waals surface area contributed by atoms with Crippen molar-refractivity contribution in [3.8, 4) is 0 Å². The Morgan fingerprint density at radius 2 is 2.36 bits per heavy atom. The van der Waals surface area contributed by atoms with Crippen LogP contribution in [0.5, 0.6) is 0 Å². The number of ether oxygens (including phenoxy) is 1. The summed E-state index contributed by atoms with van der Waals surface area (Å²) >= 11 is 0. The van der Waals surface area contributed by atoms with Gasteiger partial charge in [-0.2, -0.15) is 5.12 Å². The standard InChI is InChI=1S/C8H17FN2O3/c1-3-4-5-11(9)7(12)6-10-8(13)14-2/h8,10,13H,3-6H2,1-2H3. The zero-order valence-electron chi connectivity index (χ0n) is 8.49. The molecule has 0 aromatic carbocycles. The van der Waals surface area contributed by atoms with Crippen LogP contribution in [0.3, 0.4) is 0 Å². The van der Waals surface area contributed by atoms with Crippen molar-refractivity contribution in [3.05, 3.63) is 0 Å². The van der Waals surface area contributed by atoms with Crippen LogP contribution in [0.2, 0.25) is 0 Å². The highest BCUT2D eigenvalue weighted by Gasteiger charge is 2.12. The molecule has 0 fully saturated rings. The Kier molecular flexibility index (Phi) is 7.27. The summed E-state index contributed by atoms with van der Waals surface area (Å²) in [6.07, 6.45) is 0.204. The topological polar surface area (TPSA) is 61.8 Å². The maximum atomic E-state index is 12.9. The molecule has 0 saturated carbocycles. The van der Waals surface area contributed by atoms with Crippen molar-refractivity contribution < 1.29 is 19.1 Å². The second-order valence-electron chi connectivity index (χ2n) is 2.80. The molecule has 0 rings (SSSR count). The minimum atomic E-state index is -1.24. The first kappa shape index (κ1) is 13.3. The largest absolute Gasteiger partial charge is 0.356 e. The number of amides is 1. The third-order valence-corrected chi connectivity index (χ3v) is 1.63. The van der Waals surface area contributed by atoms with Gasteiger partial charge in [-0.15, -0.1) is 0 Å². The summed E-state index contributed by atoms with van der Waals surface area (Å²) in [5.74, 6) is -0.713. The molecule has 1 amide bonds. The van der Waals surface area contributed by atoms with E-state index in [1.807, 2.05) is 6.92 Å². The highest BCUT2D eigenvalue weighted by Crippen LogP contribution is 1.95. The van der Waals surface area contributed by atoms with Crippen molar-refractivity contribution in [3.63, 3.8) is 0 Å². The first-order valence-corrected chi connectivity index (χ1v) is 4.52. The number of rotatable bonds is 7. The van der Waals surface area contributed by atoms with Crippen molar-refractivity contribution in [2.24, 2.45) is 0 Å². The van der Waals surface area contributed by atoms with Gasteiger partial charge in [0.1, 0.15) is 0 Å². The van der Waals surface area contributed by atoms with E-state index >= 15 is 0 Å². The molecule has 84 valence electrons. The van der Waals surface area contributed by atoms with Crippen LogP contribution >= 0.6 is 0 Å². The summed E-state index contributed by atoms with van der Waals surface area (Å²) in [5, 5.41) is 11.3. The molecule has 14 heavy (non-hydrogen) atoms. The lowest BCUT2D eigenvalue weighted by atomic mass is 10.3. The van der Waals surface area contributed by atoms with Gasteiger partial charge < -0.3 is 9.84 Å². The number of nitrogens with one attached hydrogen (secondary N) is 1. The van der Waals surface area contributed by atoms with E-state index in [1.165, 1.54) is 7.11 Å². The summed E-state index contributed by atoms with van der Waals surface area (Å²) in [4.78, 5) is 11.0. The van der Waals surface area contributed by atoms with E-state index in [2.05, 4.69) is 10.1 Å². The lowest BCUT2D eigenvalue weighted by Gasteiger charge is -2.13. The zero-order valence-corrected chi connectivity index (χ0v) is 8.49. The number of hydrogen-bond donors (Lipinski definition) is 2. The van der Waals surface area contributed by atoms with Crippen molar-refractivity contribution >= 4 is 5.91 Å². The van der Waals surface area contributed by atoms with Crippen molar-refractivity contribution in [2.45, 2.75) is 26.2 Å². The Bertz CT molecular complexity index is 169. The minimum absolute atomic E-state index is 0.0834. The first-order chi connectivity index (χ1) is 6.61. The SMILES string of the molecule is CCCCN(F)C(=O)CNC(O)OC. The van der Waals surface area contributed by atoms with Crippen LogP contribution in [0.15, 0.2) is 0 Å². The van der Waals surface area contributed by atoms with Crippen molar-refractivity contribution in [2.75, 3.05) is 20.2 Å². The van der Waals surface area contributed by atoms with E-state index in [0.717, 1.165) is 6.42 Å². The summed E-state index contributed by atoms with van der Waals surface area (Å²) in [6, 6.07) is 0. The number of carbonyl (C=O) groups excluding carboxylic acids is 1. The molecule has 1 unspecified atom stereocenters. The average molecular weight is 208 g/mol. The molecular formula is C8H17FN2O3. The van der Waals surface area contributed by atoms with Crippen LogP contribution in [0, 0.1) is 0 Å². The van der Waals surface area contributed by atoms with Gasteiger partial charge in [0.2, 0.25) is 6.41 Å². The quantitative estimate of drug-likeness (QED) is 0.457. The predicted molar refractivity (Wildman–Crippen MR) is 48.7 cm³/mol. The molecule has 0 aromatic rings. The number of hydrogen-bond acceptors (Lipinski definition) is 4. The minimum Gasteiger partial charge on any atom is -0.356 e. The van der Waals surface area contributed by atoms with E-state index in [4.69, 9.17) is 5.11 Å². The molecule has 1 atom stereocenters. The van der Waals surface area contributed by atoms with E-state index in [9.17, 15) is 9.28 Å². The van der Waals surface area contributed by atoms with E-state index in [-0.39, 0.29) is 18.2 Å². The molecule has 0 bridgehead atoms. The third kappa shape index (κ3) is 5.85. The first-order valence-electron chi connectivity index (χ1n) is 4.52. The van der Waals surface area contributed by atoms with Gasteiger partial charge in [-0.25, -0.2) is 0 Å². The molecule has 6 heteroatoms. The van der Waals surface area contributed by atoms with Crippen LogP contribution in [0.25, 0.3) is 0 Å². The van der Waals surface area contributed by atoms with E-state index < -0.39 is 12.3 Å². The second-order valence-corrected chi connectivity index (χ2v) is 2.80. The molecule has 0 heterocycles. The molecule has 0 aliphatic rings. The number of carbonyl (C=O) groups is 1. The number of halogens is 1. The molecule has 0 aliphatic carbocycles. The smallest absolute Gasteiger partial charge is 0.264 e. The number of aliphatic hydroxyl groups is 1. The number of nitrogens with zero attached hydrogens (tertiary/aromatic N) is 1. The maximum Gasteiger partial charge on any atom is 0.264 e. The van der Waals surface area contributed by atoms with Crippen LogP contribution in [0.4, 0.5) is 4.48 Å².